The number of hydrogen-bond acceptors (Lipinski definition) is 5. The van der Waals surface area contributed by atoms with Crippen molar-refractivity contribution in [2.45, 2.75) is 37.8 Å². The van der Waals surface area contributed by atoms with Gasteiger partial charge in [-0.1, -0.05) is 31.0 Å². The van der Waals surface area contributed by atoms with Crippen LogP contribution in [0.3, 0.4) is 0 Å². The second kappa shape index (κ2) is 10.3. The molecule has 1 heterocycles. The van der Waals surface area contributed by atoms with Gasteiger partial charge in [-0.2, -0.15) is 0 Å². The Bertz CT molecular complexity index is 1260. The number of benzene rings is 3. The number of rotatable bonds is 6. The first kappa shape index (κ1) is 23.7. The summed E-state index contributed by atoms with van der Waals surface area (Å²) in [6.45, 7) is 0.784. The number of nitrogens with zero attached hydrogens (tertiary/aromatic N) is 1. The molecular formula is C28H27FN2O5. The molecule has 2 aliphatic rings. The number of phenols is 1. The molecule has 0 saturated heterocycles. The third-order valence-corrected chi connectivity index (χ3v) is 6.51. The molecule has 5 rings (SSSR count). The van der Waals surface area contributed by atoms with Crippen LogP contribution in [0, 0.1) is 5.82 Å². The molecule has 3 aromatic carbocycles. The predicted molar refractivity (Wildman–Crippen MR) is 132 cm³/mol. The van der Waals surface area contributed by atoms with Gasteiger partial charge in [0.1, 0.15) is 30.8 Å². The smallest absolute Gasteiger partial charge is 0.259 e. The molecule has 1 fully saturated rings. The van der Waals surface area contributed by atoms with Crippen molar-refractivity contribution in [3.8, 4) is 17.2 Å². The molecule has 0 radical (unpaired) electrons. The third-order valence-electron chi connectivity index (χ3n) is 6.51. The van der Waals surface area contributed by atoms with Gasteiger partial charge in [0, 0.05) is 23.4 Å². The number of hydrogen-bond donors (Lipinski definition) is 2. The van der Waals surface area contributed by atoms with Crippen molar-refractivity contribution in [3.63, 3.8) is 0 Å². The molecule has 0 bridgehead atoms. The van der Waals surface area contributed by atoms with Crippen LogP contribution in [-0.2, 0) is 4.79 Å². The van der Waals surface area contributed by atoms with Crippen molar-refractivity contribution in [2.24, 2.45) is 0 Å². The van der Waals surface area contributed by atoms with E-state index in [-0.39, 0.29) is 23.3 Å². The van der Waals surface area contributed by atoms with E-state index in [1.807, 2.05) is 0 Å². The molecule has 1 atom stereocenters. The molecule has 0 aromatic heterocycles. The van der Waals surface area contributed by atoms with E-state index in [0.717, 1.165) is 25.7 Å². The zero-order valence-corrected chi connectivity index (χ0v) is 19.7. The average molecular weight is 491 g/mol. The molecule has 8 heteroatoms. The number of halogens is 1. The zero-order valence-electron chi connectivity index (χ0n) is 19.7. The molecule has 2 amide bonds. The van der Waals surface area contributed by atoms with E-state index in [1.54, 1.807) is 30.3 Å². The summed E-state index contributed by atoms with van der Waals surface area (Å²) in [5, 5.41) is 13.3. The third kappa shape index (κ3) is 4.98. The highest BCUT2D eigenvalue weighted by Crippen LogP contribution is 2.35. The van der Waals surface area contributed by atoms with Crippen LogP contribution in [-0.4, -0.2) is 36.2 Å². The average Bonchev–Trinajstić information content (AvgIpc) is 3.40. The van der Waals surface area contributed by atoms with Gasteiger partial charge < -0.3 is 19.9 Å². The van der Waals surface area contributed by atoms with Crippen molar-refractivity contribution in [1.29, 1.82) is 0 Å². The van der Waals surface area contributed by atoms with E-state index in [4.69, 9.17) is 9.47 Å². The van der Waals surface area contributed by atoms with E-state index in [1.165, 1.54) is 41.3 Å². The van der Waals surface area contributed by atoms with Crippen molar-refractivity contribution < 1.29 is 28.6 Å². The van der Waals surface area contributed by atoms with Crippen molar-refractivity contribution in [1.82, 2.24) is 5.32 Å². The zero-order chi connectivity index (χ0) is 25.1. The topological polar surface area (TPSA) is 88.1 Å². The lowest BCUT2D eigenvalue weighted by atomic mass is 10.0. The van der Waals surface area contributed by atoms with Gasteiger partial charge in [0.2, 0.25) is 5.91 Å². The van der Waals surface area contributed by atoms with Gasteiger partial charge in [-0.05, 0) is 60.9 Å². The van der Waals surface area contributed by atoms with Gasteiger partial charge >= 0.3 is 0 Å². The Labute approximate surface area is 208 Å². The van der Waals surface area contributed by atoms with E-state index in [9.17, 15) is 19.1 Å². The fourth-order valence-electron chi connectivity index (χ4n) is 4.75. The van der Waals surface area contributed by atoms with Crippen LogP contribution in [0.15, 0.2) is 66.7 Å². The Morgan fingerprint density at radius 3 is 2.39 bits per heavy atom. The van der Waals surface area contributed by atoms with Gasteiger partial charge in [0.15, 0.2) is 11.5 Å². The maximum Gasteiger partial charge on any atom is 0.259 e. The summed E-state index contributed by atoms with van der Waals surface area (Å²) in [6.07, 6.45) is 3.78. The van der Waals surface area contributed by atoms with E-state index >= 15 is 0 Å². The molecule has 7 nitrogen and oxygen atoms in total. The molecule has 2 N–H and O–H groups in total. The van der Waals surface area contributed by atoms with Crippen LogP contribution in [0.2, 0.25) is 0 Å². The first-order valence-corrected chi connectivity index (χ1v) is 12.1. The maximum atomic E-state index is 14.1. The van der Waals surface area contributed by atoms with Gasteiger partial charge in [0.25, 0.3) is 5.91 Å². The van der Waals surface area contributed by atoms with Gasteiger partial charge in [-0.3, -0.25) is 14.5 Å². The Balaban J connectivity index is 1.60. The number of carbonyl (C=O) groups is 2. The maximum absolute atomic E-state index is 14.1. The normalized spacial score (nSPS) is 15.8. The first-order valence-electron chi connectivity index (χ1n) is 12.1. The lowest BCUT2D eigenvalue weighted by Gasteiger charge is -2.32. The molecule has 0 spiro atoms. The SMILES string of the molecule is O=C(NC1CCCC1)[C@@H](c1ccc(F)cc1)N(C(=O)c1ccc2c(c1)OCCO2)c1cccc(O)c1. The van der Waals surface area contributed by atoms with E-state index < -0.39 is 17.8 Å². The number of phenolic OH excluding ortho intramolecular Hbond substituents is 1. The van der Waals surface area contributed by atoms with Crippen LogP contribution >= 0.6 is 0 Å². The summed E-state index contributed by atoms with van der Waals surface area (Å²) in [5.74, 6) is -0.374. The highest BCUT2D eigenvalue weighted by molar-refractivity contribution is 6.10. The minimum Gasteiger partial charge on any atom is -0.508 e. The summed E-state index contributed by atoms with van der Waals surface area (Å²) >= 11 is 0. The van der Waals surface area contributed by atoms with Crippen LogP contribution < -0.4 is 19.7 Å². The molecule has 1 aliphatic carbocycles. The van der Waals surface area contributed by atoms with Crippen molar-refractivity contribution in [3.05, 3.63) is 83.7 Å². The highest BCUT2D eigenvalue weighted by atomic mass is 19.1. The quantitative estimate of drug-likeness (QED) is 0.521. The number of aromatic hydroxyl groups is 1. The van der Waals surface area contributed by atoms with Crippen molar-refractivity contribution >= 4 is 17.5 Å². The summed E-state index contributed by atoms with van der Waals surface area (Å²) in [6, 6.07) is 15.5. The summed E-state index contributed by atoms with van der Waals surface area (Å²) in [4.78, 5) is 29.1. The van der Waals surface area contributed by atoms with E-state index in [2.05, 4.69) is 5.32 Å². The number of ether oxygens (including phenoxy) is 2. The van der Waals surface area contributed by atoms with Crippen LogP contribution in [0.25, 0.3) is 0 Å². The Morgan fingerprint density at radius 2 is 1.67 bits per heavy atom. The largest absolute Gasteiger partial charge is 0.508 e. The number of carbonyl (C=O) groups excluding carboxylic acids is 2. The lowest BCUT2D eigenvalue weighted by Crippen LogP contribution is -2.46. The molecular weight excluding hydrogens is 463 g/mol. The highest BCUT2D eigenvalue weighted by Gasteiger charge is 2.35. The summed E-state index contributed by atoms with van der Waals surface area (Å²) in [7, 11) is 0. The van der Waals surface area contributed by atoms with Crippen LogP contribution in [0.1, 0.15) is 47.6 Å². The fourth-order valence-corrected chi connectivity index (χ4v) is 4.75. The van der Waals surface area contributed by atoms with Crippen LogP contribution in [0.4, 0.5) is 10.1 Å². The number of anilines is 1. The second-order valence-corrected chi connectivity index (χ2v) is 9.00. The van der Waals surface area contributed by atoms with Crippen LogP contribution in [0.5, 0.6) is 17.2 Å². The Kier molecular flexibility index (Phi) is 6.75. The summed E-state index contributed by atoms with van der Waals surface area (Å²) < 4.78 is 25.0. The molecule has 36 heavy (non-hydrogen) atoms. The number of amides is 2. The fraction of sp³-hybridized carbons (Fsp3) is 0.286. The number of nitrogens with one attached hydrogen (secondary N) is 1. The second-order valence-electron chi connectivity index (χ2n) is 9.00. The standard InChI is InChI=1S/C28H27FN2O5/c29-20-11-8-18(9-12-20)26(27(33)30-21-4-1-2-5-21)31(22-6-3-7-23(32)17-22)28(34)19-10-13-24-25(16-19)36-15-14-35-24/h3,6-13,16-17,21,26,32H,1-2,4-5,14-15H2,(H,30,33)/t26-/m1/s1. The van der Waals surface area contributed by atoms with Gasteiger partial charge in [-0.15, -0.1) is 0 Å². The molecule has 1 aliphatic heterocycles. The molecule has 186 valence electrons. The predicted octanol–water partition coefficient (Wildman–Crippen LogP) is 4.75. The van der Waals surface area contributed by atoms with Gasteiger partial charge in [-0.25, -0.2) is 4.39 Å². The molecule has 1 saturated carbocycles. The summed E-state index contributed by atoms with van der Waals surface area (Å²) in [5.41, 5.74) is 1.05. The Hall–Kier alpha value is -4.07. The monoisotopic (exact) mass is 490 g/mol. The molecule has 0 unspecified atom stereocenters. The minimum absolute atomic E-state index is 0.0101. The Morgan fingerprint density at radius 1 is 0.944 bits per heavy atom. The first-order chi connectivity index (χ1) is 17.5. The molecule has 3 aromatic rings. The van der Waals surface area contributed by atoms with Crippen molar-refractivity contribution in [2.75, 3.05) is 18.1 Å². The minimum atomic E-state index is -1.10. The lowest BCUT2D eigenvalue weighted by molar-refractivity contribution is -0.123. The van der Waals surface area contributed by atoms with Gasteiger partial charge in [0.05, 0.1) is 0 Å². The van der Waals surface area contributed by atoms with E-state index in [0.29, 0.717) is 36.0 Å². The number of fused-ring (bicyclic) bond motifs is 1.